The van der Waals surface area contributed by atoms with Crippen LogP contribution in [-0.4, -0.2) is 67.0 Å². The van der Waals surface area contributed by atoms with E-state index in [1.807, 2.05) is 67.6 Å². The maximum absolute atomic E-state index is 14.5. The first-order valence-electron chi connectivity index (χ1n) is 12.7. The number of rotatable bonds is 9. The van der Waals surface area contributed by atoms with E-state index in [9.17, 15) is 24.6 Å². The van der Waals surface area contributed by atoms with Crippen LogP contribution in [0.5, 0.6) is 0 Å². The number of carbonyl (C=O) groups is 3. The fourth-order valence-corrected chi connectivity index (χ4v) is 9.15. The lowest BCUT2D eigenvalue weighted by Gasteiger charge is -2.42. The molecule has 194 valence electrons. The molecule has 0 aromatic heterocycles. The van der Waals surface area contributed by atoms with Gasteiger partial charge in [0.25, 0.3) is 0 Å². The third-order valence-corrected chi connectivity index (χ3v) is 10.3. The Bertz CT molecular complexity index is 1190. The van der Waals surface area contributed by atoms with Gasteiger partial charge in [0, 0.05) is 18.3 Å². The van der Waals surface area contributed by atoms with Crippen LogP contribution in [0.25, 0.3) is 0 Å². The van der Waals surface area contributed by atoms with Gasteiger partial charge in [-0.3, -0.25) is 14.4 Å². The number of carboxylic acid groups (broad SMARTS) is 1. The van der Waals surface area contributed by atoms with Gasteiger partial charge < -0.3 is 20.0 Å². The monoisotopic (exact) mass is 520 g/mol. The molecule has 3 fully saturated rings. The minimum Gasteiger partial charge on any atom is -0.481 e. The van der Waals surface area contributed by atoms with Crippen molar-refractivity contribution in [3.63, 3.8) is 0 Å². The molecule has 2 aromatic rings. The Balaban J connectivity index is 1.63. The fourth-order valence-electron chi connectivity index (χ4n) is 6.75. The van der Waals surface area contributed by atoms with Gasteiger partial charge in [0.2, 0.25) is 11.8 Å². The average Bonchev–Trinajstić information content (AvgIpc) is 3.49. The molecule has 0 radical (unpaired) electrons. The number of thioether (sulfide) groups is 1. The van der Waals surface area contributed by atoms with Crippen molar-refractivity contribution < 1.29 is 24.6 Å². The SMILES string of the molecule is C=CCN(Cc1ccccc1)C(=O)C1N([C@H](CO)c2ccccc2)C(=O)[C@@H]2[C@@H](C(=O)O)[C@H]3CC(C)C12S3. The van der Waals surface area contributed by atoms with Gasteiger partial charge in [-0.25, -0.2) is 0 Å². The number of hydrogen-bond acceptors (Lipinski definition) is 5. The molecule has 3 aliphatic rings. The zero-order chi connectivity index (χ0) is 26.3. The van der Waals surface area contributed by atoms with E-state index in [0.29, 0.717) is 18.5 Å². The second-order valence-corrected chi connectivity index (χ2v) is 11.8. The number of aliphatic hydroxyl groups is 1. The molecule has 2 amide bonds. The van der Waals surface area contributed by atoms with Gasteiger partial charge in [0.1, 0.15) is 6.04 Å². The number of benzene rings is 2. The Morgan fingerprint density at radius 3 is 2.43 bits per heavy atom. The van der Waals surface area contributed by atoms with Gasteiger partial charge in [-0.15, -0.1) is 18.3 Å². The van der Waals surface area contributed by atoms with Crippen LogP contribution in [0.15, 0.2) is 73.3 Å². The summed E-state index contributed by atoms with van der Waals surface area (Å²) in [4.78, 5) is 44.4. The predicted octanol–water partition coefficient (Wildman–Crippen LogP) is 3.36. The van der Waals surface area contributed by atoms with E-state index in [0.717, 1.165) is 5.56 Å². The third-order valence-electron chi connectivity index (χ3n) is 8.27. The Morgan fingerprint density at radius 1 is 1.19 bits per heavy atom. The molecule has 2 aromatic carbocycles. The van der Waals surface area contributed by atoms with Crippen LogP contribution in [-0.2, 0) is 20.9 Å². The van der Waals surface area contributed by atoms with E-state index >= 15 is 0 Å². The van der Waals surface area contributed by atoms with Gasteiger partial charge in [0.15, 0.2) is 0 Å². The van der Waals surface area contributed by atoms with Crippen molar-refractivity contribution in [3.8, 4) is 0 Å². The molecule has 3 unspecified atom stereocenters. The molecule has 0 aliphatic carbocycles. The van der Waals surface area contributed by atoms with Gasteiger partial charge in [-0.1, -0.05) is 73.7 Å². The Hall–Kier alpha value is -3.10. The Kier molecular flexibility index (Phi) is 6.89. The van der Waals surface area contributed by atoms with E-state index in [2.05, 4.69) is 6.58 Å². The highest BCUT2D eigenvalue weighted by atomic mass is 32.2. The molecule has 37 heavy (non-hydrogen) atoms. The summed E-state index contributed by atoms with van der Waals surface area (Å²) in [6.45, 7) is 6.13. The Labute approximate surface area is 221 Å². The van der Waals surface area contributed by atoms with Crippen LogP contribution >= 0.6 is 11.8 Å². The number of hydrogen-bond donors (Lipinski definition) is 2. The number of likely N-dealkylation sites (tertiary alicyclic amines) is 1. The van der Waals surface area contributed by atoms with E-state index in [1.54, 1.807) is 11.0 Å². The first-order chi connectivity index (χ1) is 17.8. The van der Waals surface area contributed by atoms with Crippen molar-refractivity contribution in [2.45, 2.75) is 42.0 Å². The summed E-state index contributed by atoms with van der Waals surface area (Å²) in [6.07, 6.45) is 2.30. The number of carbonyl (C=O) groups excluding carboxylic acids is 2. The minimum absolute atomic E-state index is 0.0385. The van der Waals surface area contributed by atoms with E-state index in [4.69, 9.17) is 0 Å². The first-order valence-corrected chi connectivity index (χ1v) is 13.5. The lowest BCUT2D eigenvalue weighted by atomic mass is 9.66. The number of aliphatic carboxylic acids is 1. The highest BCUT2D eigenvalue weighted by molar-refractivity contribution is 8.02. The largest absolute Gasteiger partial charge is 0.481 e. The van der Waals surface area contributed by atoms with Crippen molar-refractivity contribution in [2.24, 2.45) is 17.8 Å². The summed E-state index contributed by atoms with van der Waals surface area (Å²) in [5.74, 6) is -3.30. The molecule has 2 bridgehead atoms. The molecule has 1 spiro atoms. The molecule has 2 N–H and O–H groups in total. The standard InChI is InChI=1S/C29H32N2O5S/c1-3-14-30(16-19-10-6-4-7-11-19)27(34)25-29-18(2)15-22(37-29)23(28(35)36)24(29)26(33)31(25)21(17-32)20-12-8-5-9-13-20/h3-13,18,21-25,32H,1,14-17H2,2H3,(H,35,36)/t18?,21-,22-,23+,24+,25?,29?/m1/s1. The lowest BCUT2D eigenvalue weighted by molar-refractivity contribution is -0.150. The van der Waals surface area contributed by atoms with Gasteiger partial charge in [-0.05, 0) is 23.5 Å². The van der Waals surface area contributed by atoms with Crippen molar-refractivity contribution in [1.29, 1.82) is 0 Å². The second-order valence-electron chi connectivity index (χ2n) is 10.2. The molecule has 3 heterocycles. The first kappa shape index (κ1) is 25.5. The Morgan fingerprint density at radius 2 is 1.84 bits per heavy atom. The highest BCUT2D eigenvalue weighted by Gasteiger charge is 2.77. The van der Waals surface area contributed by atoms with E-state index in [-0.39, 0.29) is 36.1 Å². The van der Waals surface area contributed by atoms with Crippen molar-refractivity contribution in [3.05, 3.63) is 84.4 Å². The number of fused-ring (bicyclic) bond motifs is 1. The molecular weight excluding hydrogens is 488 g/mol. The minimum atomic E-state index is -0.995. The highest BCUT2D eigenvalue weighted by Crippen LogP contribution is 2.69. The number of amides is 2. The number of nitrogens with zero attached hydrogens (tertiary/aromatic N) is 2. The normalized spacial score (nSPS) is 30.7. The van der Waals surface area contributed by atoms with Crippen molar-refractivity contribution in [2.75, 3.05) is 13.2 Å². The third kappa shape index (κ3) is 3.97. The van der Waals surface area contributed by atoms with Crippen LogP contribution in [0.1, 0.15) is 30.5 Å². The fraction of sp³-hybridized carbons (Fsp3) is 0.414. The summed E-state index contributed by atoms with van der Waals surface area (Å²) in [5, 5.41) is 20.5. The van der Waals surface area contributed by atoms with Gasteiger partial charge in [0.05, 0.1) is 29.2 Å². The zero-order valence-electron chi connectivity index (χ0n) is 20.8. The summed E-state index contributed by atoms with van der Waals surface area (Å²) in [7, 11) is 0. The molecule has 7 atom stereocenters. The van der Waals surface area contributed by atoms with Gasteiger partial charge >= 0.3 is 5.97 Å². The molecular formula is C29H32N2O5S. The molecule has 7 nitrogen and oxygen atoms in total. The second kappa shape index (κ2) is 9.99. The summed E-state index contributed by atoms with van der Waals surface area (Å²) in [5.41, 5.74) is 1.66. The van der Waals surface area contributed by atoms with E-state index < -0.39 is 34.6 Å². The van der Waals surface area contributed by atoms with Gasteiger partial charge in [-0.2, -0.15) is 0 Å². The summed E-state index contributed by atoms with van der Waals surface area (Å²) in [6, 6.07) is 17.1. The molecule has 8 heteroatoms. The zero-order valence-corrected chi connectivity index (χ0v) is 21.6. The quantitative estimate of drug-likeness (QED) is 0.492. The van der Waals surface area contributed by atoms with Crippen LogP contribution in [0.2, 0.25) is 0 Å². The lowest BCUT2D eigenvalue weighted by Crippen LogP contribution is -2.57. The van der Waals surface area contributed by atoms with Crippen LogP contribution in [0.3, 0.4) is 0 Å². The van der Waals surface area contributed by atoms with Crippen LogP contribution in [0, 0.1) is 17.8 Å². The molecule has 0 saturated carbocycles. The molecule has 3 saturated heterocycles. The van der Waals surface area contributed by atoms with Crippen LogP contribution < -0.4 is 0 Å². The number of aliphatic hydroxyl groups excluding tert-OH is 1. The summed E-state index contributed by atoms with van der Waals surface area (Å²) >= 11 is 1.50. The smallest absolute Gasteiger partial charge is 0.308 e. The predicted molar refractivity (Wildman–Crippen MR) is 141 cm³/mol. The topological polar surface area (TPSA) is 98.2 Å². The van der Waals surface area contributed by atoms with Crippen LogP contribution in [0.4, 0.5) is 0 Å². The maximum atomic E-state index is 14.5. The number of carboxylic acids is 1. The van der Waals surface area contributed by atoms with E-state index in [1.165, 1.54) is 16.7 Å². The van der Waals surface area contributed by atoms with Crippen molar-refractivity contribution >= 4 is 29.5 Å². The maximum Gasteiger partial charge on any atom is 0.308 e. The average molecular weight is 521 g/mol. The van der Waals surface area contributed by atoms with Crippen molar-refractivity contribution in [1.82, 2.24) is 9.80 Å². The summed E-state index contributed by atoms with van der Waals surface area (Å²) < 4.78 is -0.875. The molecule has 3 aliphatic heterocycles. The molecule has 5 rings (SSSR count).